The number of hydrogen-bond acceptors (Lipinski definition) is 6. The van der Waals surface area contributed by atoms with Crippen molar-refractivity contribution in [3.8, 4) is 11.5 Å². The smallest absolute Gasteiger partial charge is 0.331 e. The van der Waals surface area contributed by atoms with Crippen molar-refractivity contribution < 1.29 is 23.8 Å². The summed E-state index contributed by atoms with van der Waals surface area (Å²) in [5.74, 6) is 0.229. The lowest BCUT2D eigenvalue weighted by molar-refractivity contribution is -0.147. The van der Waals surface area contributed by atoms with E-state index in [2.05, 4.69) is 0 Å². The Hall–Kier alpha value is -2.08. The van der Waals surface area contributed by atoms with Crippen LogP contribution in [0, 0.1) is 0 Å². The quantitative estimate of drug-likeness (QED) is 0.615. The van der Waals surface area contributed by atoms with Crippen LogP contribution in [-0.2, 0) is 16.1 Å². The van der Waals surface area contributed by atoms with Gasteiger partial charge in [0.2, 0.25) is 0 Å². The van der Waals surface area contributed by atoms with Crippen LogP contribution >= 0.6 is 0 Å². The van der Waals surface area contributed by atoms with E-state index >= 15 is 0 Å². The van der Waals surface area contributed by atoms with E-state index in [1.807, 2.05) is 0 Å². The number of methoxy groups -OCH3 is 2. The summed E-state index contributed by atoms with van der Waals surface area (Å²) in [6.07, 6.45) is 0. The maximum absolute atomic E-state index is 12.6. The lowest BCUT2D eigenvalue weighted by Gasteiger charge is -2.31. The summed E-state index contributed by atoms with van der Waals surface area (Å²) in [7, 11) is 4.77. The minimum absolute atomic E-state index is 0.245. The number of nitrogens with zero attached hydrogens (tertiary/aromatic N) is 1. The predicted molar refractivity (Wildman–Crippen MR) is 75.8 cm³/mol. The lowest BCUT2D eigenvalue weighted by Crippen LogP contribution is -2.48. The molecular weight excluding hydrogens is 274 g/mol. The molecule has 0 fully saturated rings. The van der Waals surface area contributed by atoms with Gasteiger partial charge >= 0.3 is 5.97 Å². The van der Waals surface area contributed by atoms with Crippen LogP contribution in [0.5, 0.6) is 11.5 Å². The van der Waals surface area contributed by atoms with Gasteiger partial charge in [0.1, 0.15) is 0 Å². The average Bonchev–Trinajstić information content (AvgIpc) is 2.46. The number of carbonyl (C=O) groups is 2. The molecule has 0 N–H and O–H groups in total. The lowest BCUT2D eigenvalue weighted by atomic mass is 9.92. The second-order valence-corrected chi connectivity index (χ2v) is 4.80. The van der Waals surface area contributed by atoms with Crippen molar-refractivity contribution in [2.24, 2.45) is 0 Å². The molecule has 1 atom stereocenters. The van der Waals surface area contributed by atoms with E-state index in [1.54, 1.807) is 38.1 Å². The molecule has 114 valence electrons. The van der Waals surface area contributed by atoms with Gasteiger partial charge in [-0.25, -0.2) is 4.79 Å². The molecule has 1 aliphatic heterocycles. The highest BCUT2D eigenvalue weighted by molar-refractivity contribution is 6.13. The van der Waals surface area contributed by atoms with E-state index in [4.69, 9.17) is 14.2 Å². The maximum Gasteiger partial charge on any atom is 0.331 e. The molecule has 6 nitrogen and oxygen atoms in total. The summed E-state index contributed by atoms with van der Waals surface area (Å²) < 4.78 is 15.4. The summed E-state index contributed by atoms with van der Waals surface area (Å²) in [6, 6.07) is 2.48. The Morgan fingerprint density at radius 1 is 1.29 bits per heavy atom. The number of hydrogen-bond donors (Lipinski definition) is 0. The number of likely N-dealkylation sites (N-methyl/N-ethyl adjacent to an activating group) is 1. The van der Waals surface area contributed by atoms with Crippen molar-refractivity contribution in [3.63, 3.8) is 0 Å². The zero-order valence-electron chi connectivity index (χ0n) is 12.6. The number of Topliss-reactive ketones (excluding diaryl/α,β-unsaturated/α-hetero) is 1. The molecule has 0 radical (unpaired) electrons. The van der Waals surface area contributed by atoms with Gasteiger partial charge in [-0.3, -0.25) is 9.69 Å². The van der Waals surface area contributed by atoms with Gasteiger partial charge < -0.3 is 14.2 Å². The Morgan fingerprint density at radius 3 is 2.48 bits per heavy atom. The van der Waals surface area contributed by atoms with E-state index in [0.29, 0.717) is 23.6 Å². The van der Waals surface area contributed by atoms with Crippen LogP contribution in [0.3, 0.4) is 0 Å². The second-order valence-electron chi connectivity index (χ2n) is 4.80. The minimum atomic E-state index is -0.907. The highest BCUT2D eigenvalue weighted by Crippen LogP contribution is 2.34. The second kappa shape index (κ2) is 6.13. The Balaban J connectivity index is 2.44. The highest BCUT2D eigenvalue weighted by Gasteiger charge is 2.38. The van der Waals surface area contributed by atoms with E-state index in [-0.39, 0.29) is 12.4 Å². The van der Waals surface area contributed by atoms with E-state index in [0.717, 1.165) is 5.56 Å². The van der Waals surface area contributed by atoms with Gasteiger partial charge in [-0.05, 0) is 31.7 Å². The third kappa shape index (κ3) is 2.71. The van der Waals surface area contributed by atoms with Crippen LogP contribution in [-0.4, -0.2) is 50.6 Å². The Morgan fingerprint density at radius 2 is 1.90 bits per heavy atom. The molecule has 0 saturated carbocycles. The zero-order chi connectivity index (χ0) is 15.6. The molecule has 2 rings (SSSR count). The molecule has 0 amide bonds. The van der Waals surface area contributed by atoms with Gasteiger partial charge in [0.05, 0.1) is 20.8 Å². The van der Waals surface area contributed by atoms with E-state index < -0.39 is 12.0 Å². The first-order valence-electron chi connectivity index (χ1n) is 6.69. The standard InChI is InChI=1S/C15H19NO5/c1-5-21-15(18)13-14(17)10-7-12(20-4)11(19-3)6-9(10)8-16(13)2/h6-7,13H,5,8H2,1-4H3. The Bertz CT molecular complexity index is 569. The number of rotatable bonds is 4. The van der Waals surface area contributed by atoms with Gasteiger partial charge in [-0.15, -0.1) is 0 Å². The van der Waals surface area contributed by atoms with Crippen molar-refractivity contribution >= 4 is 11.8 Å². The zero-order valence-corrected chi connectivity index (χ0v) is 12.6. The fourth-order valence-electron chi connectivity index (χ4n) is 2.50. The SMILES string of the molecule is CCOC(=O)C1C(=O)c2cc(OC)c(OC)cc2CN1C. The summed E-state index contributed by atoms with van der Waals surface area (Å²) in [5, 5.41) is 0. The monoisotopic (exact) mass is 293 g/mol. The molecule has 1 unspecified atom stereocenters. The van der Waals surface area contributed by atoms with Gasteiger partial charge in [0.15, 0.2) is 23.3 Å². The van der Waals surface area contributed by atoms with Crippen molar-refractivity contribution in [3.05, 3.63) is 23.3 Å². The Labute approximate surface area is 123 Å². The first-order valence-corrected chi connectivity index (χ1v) is 6.69. The molecule has 0 bridgehead atoms. The molecule has 0 aliphatic carbocycles. The first-order chi connectivity index (χ1) is 10.0. The van der Waals surface area contributed by atoms with Crippen LogP contribution in [0.25, 0.3) is 0 Å². The normalized spacial score (nSPS) is 18.1. The van der Waals surface area contributed by atoms with Crippen molar-refractivity contribution in [2.45, 2.75) is 19.5 Å². The number of benzene rings is 1. The summed E-state index contributed by atoms with van der Waals surface area (Å²) in [5.41, 5.74) is 1.28. The molecule has 1 aliphatic rings. The van der Waals surface area contributed by atoms with Crippen molar-refractivity contribution in [1.29, 1.82) is 0 Å². The molecule has 0 aromatic heterocycles. The average molecular weight is 293 g/mol. The fraction of sp³-hybridized carbons (Fsp3) is 0.467. The van der Waals surface area contributed by atoms with Crippen LogP contribution in [0.2, 0.25) is 0 Å². The minimum Gasteiger partial charge on any atom is -0.493 e. The van der Waals surface area contributed by atoms with Crippen molar-refractivity contribution in [2.75, 3.05) is 27.9 Å². The third-order valence-corrected chi connectivity index (χ3v) is 3.49. The predicted octanol–water partition coefficient (Wildman–Crippen LogP) is 1.26. The number of fused-ring (bicyclic) bond motifs is 1. The molecule has 21 heavy (non-hydrogen) atoms. The largest absolute Gasteiger partial charge is 0.493 e. The number of carbonyl (C=O) groups excluding carboxylic acids is 2. The summed E-state index contributed by atoms with van der Waals surface area (Å²) in [4.78, 5) is 26.2. The first kappa shape index (κ1) is 15.3. The molecule has 6 heteroatoms. The van der Waals surface area contributed by atoms with Crippen LogP contribution in [0.1, 0.15) is 22.8 Å². The van der Waals surface area contributed by atoms with Gasteiger partial charge in [0.25, 0.3) is 0 Å². The van der Waals surface area contributed by atoms with Crippen LogP contribution in [0.4, 0.5) is 0 Å². The molecule has 1 aromatic rings. The topological polar surface area (TPSA) is 65.1 Å². The van der Waals surface area contributed by atoms with Crippen molar-refractivity contribution in [1.82, 2.24) is 4.90 Å². The van der Waals surface area contributed by atoms with Crippen LogP contribution in [0.15, 0.2) is 12.1 Å². The van der Waals surface area contributed by atoms with Crippen LogP contribution < -0.4 is 9.47 Å². The molecule has 0 saturated heterocycles. The van der Waals surface area contributed by atoms with E-state index in [9.17, 15) is 9.59 Å². The Kier molecular flexibility index (Phi) is 4.47. The summed E-state index contributed by atoms with van der Waals surface area (Å²) in [6.45, 7) is 2.42. The molecule has 1 heterocycles. The third-order valence-electron chi connectivity index (χ3n) is 3.49. The molecule has 1 aromatic carbocycles. The van der Waals surface area contributed by atoms with Gasteiger partial charge in [0, 0.05) is 12.1 Å². The molecule has 0 spiro atoms. The van der Waals surface area contributed by atoms with E-state index in [1.165, 1.54) is 7.11 Å². The highest BCUT2D eigenvalue weighted by atomic mass is 16.5. The number of ketones is 1. The van der Waals surface area contributed by atoms with Gasteiger partial charge in [-0.1, -0.05) is 0 Å². The van der Waals surface area contributed by atoms with Gasteiger partial charge in [-0.2, -0.15) is 0 Å². The molecular formula is C15H19NO5. The maximum atomic E-state index is 12.6. The number of esters is 1. The fourth-order valence-corrected chi connectivity index (χ4v) is 2.50. The summed E-state index contributed by atoms with van der Waals surface area (Å²) >= 11 is 0. The number of ether oxygens (including phenoxy) is 3.